The quantitative estimate of drug-likeness (QED) is 0.560. The summed E-state index contributed by atoms with van der Waals surface area (Å²) in [6.45, 7) is 2.19. The fraction of sp³-hybridized carbons (Fsp3) is 0.455. The zero-order chi connectivity index (χ0) is 8.13. The van der Waals surface area contributed by atoms with Crippen molar-refractivity contribution in [2.24, 2.45) is 0 Å². The van der Waals surface area contributed by atoms with E-state index in [-0.39, 0.29) is 0 Å². The Morgan fingerprint density at radius 1 is 1.25 bits per heavy atom. The maximum absolute atomic E-state index is 3.34. The van der Waals surface area contributed by atoms with Gasteiger partial charge in [-0.25, -0.2) is 0 Å². The summed E-state index contributed by atoms with van der Waals surface area (Å²) in [5.41, 5.74) is 4.53. The van der Waals surface area contributed by atoms with E-state index in [0.29, 0.717) is 0 Å². The van der Waals surface area contributed by atoms with Gasteiger partial charge in [0.15, 0.2) is 0 Å². The molecule has 12 heavy (non-hydrogen) atoms. The molecular formula is C11H13N. The van der Waals surface area contributed by atoms with E-state index >= 15 is 0 Å². The highest BCUT2D eigenvalue weighted by Crippen LogP contribution is 2.45. The van der Waals surface area contributed by atoms with Crippen LogP contribution >= 0.6 is 0 Å². The minimum atomic E-state index is 0.718. The highest BCUT2D eigenvalue weighted by molar-refractivity contribution is 5.46. The van der Waals surface area contributed by atoms with Gasteiger partial charge in [0.05, 0.1) is 0 Å². The van der Waals surface area contributed by atoms with Gasteiger partial charge in [-0.2, -0.15) is 0 Å². The second kappa shape index (κ2) is 2.03. The Balaban J connectivity index is 2.26. The molecule has 1 heteroatoms. The van der Waals surface area contributed by atoms with Gasteiger partial charge in [-0.05, 0) is 30.9 Å². The van der Waals surface area contributed by atoms with Gasteiger partial charge in [0.1, 0.15) is 0 Å². The van der Waals surface area contributed by atoms with Crippen LogP contribution in [0.15, 0.2) is 18.3 Å². The average molecular weight is 159 g/mol. The second-order valence-electron chi connectivity index (χ2n) is 3.96. The highest BCUT2D eigenvalue weighted by Gasteiger charge is 2.30. The molecule has 3 aliphatic carbocycles. The number of aryl methyl sites for hydroxylation is 1. The zero-order valence-corrected chi connectivity index (χ0v) is 7.30. The summed E-state index contributed by atoms with van der Waals surface area (Å²) in [7, 11) is 0. The molecule has 2 bridgehead atoms. The van der Waals surface area contributed by atoms with E-state index in [1.54, 1.807) is 11.1 Å². The van der Waals surface area contributed by atoms with Crippen LogP contribution in [0, 0.1) is 6.92 Å². The molecule has 0 amide bonds. The van der Waals surface area contributed by atoms with Crippen LogP contribution in [0.1, 0.15) is 41.5 Å². The van der Waals surface area contributed by atoms with Crippen LogP contribution in [-0.4, -0.2) is 4.98 Å². The van der Waals surface area contributed by atoms with Crippen molar-refractivity contribution in [1.29, 1.82) is 0 Å². The lowest BCUT2D eigenvalue weighted by Gasteiger charge is -2.31. The van der Waals surface area contributed by atoms with E-state index < -0.39 is 0 Å². The van der Waals surface area contributed by atoms with E-state index in [4.69, 9.17) is 0 Å². The van der Waals surface area contributed by atoms with Crippen LogP contribution in [0.5, 0.6) is 0 Å². The summed E-state index contributed by atoms with van der Waals surface area (Å²) in [6.07, 6.45) is 9.67. The van der Waals surface area contributed by atoms with Crippen LogP contribution in [0.3, 0.4) is 0 Å². The van der Waals surface area contributed by atoms with Crippen LogP contribution in [0.4, 0.5) is 0 Å². The van der Waals surface area contributed by atoms with Crippen LogP contribution in [0.2, 0.25) is 0 Å². The maximum atomic E-state index is 3.34. The molecule has 3 aliphatic rings. The van der Waals surface area contributed by atoms with Gasteiger partial charge >= 0.3 is 0 Å². The molecule has 0 aromatic carbocycles. The van der Waals surface area contributed by atoms with Crippen molar-refractivity contribution in [3.63, 3.8) is 0 Å². The third kappa shape index (κ3) is 0.644. The number of H-pyrrole nitrogens is 1. The van der Waals surface area contributed by atoms with Crippen molar-refractivity contribution >= 4 is 0 Å². The predicted molar refractivity (Wildman–Crippen MR) is 49.4 cm³/mol. The van der Waals surface area contributed by atoms with Gasteiger partial charge in [-0.3, -0.25) is 0 Å². The van der Waals surface area contributed by atoms with Crippen molar-refractivity contribution in [3.05, 3.63) is 35.2 Å². The van der Waals surface area contributed by atoms with Gasteiger partial charge < -0.3 is 4.98 Å². The molecule has 1 heterocycles. The molecule has 4 rings (SSSR count). The number of hydrogen-bond acceptors (Lipinski definition) is 0. The van der Waals surface area contributed by atoms with Crippen molar-refractivity contribution in [2.75, 3.05) is 0 Å². The number of aromatic amines is 1. The van der Waals surface area contributed by atoms with Gasteiger partial charge in [0.2, 0.25) is 0 Å². The Bertz CT molecular complexity index is 346. The summed E-state index contributed by atoms with van der Waals surface area (Å²) < 4.78 is 0. The standard InChI is InChI=1S/C11H13N/c1-7-11-9-4-2-8(3-5-9)10(11)6-12-7/h2,4,6,8-9,12H,3,5H2,1H3/t8-,9+/m0/s1. The molecule has 62 valence electrons. The summed E-state index contributed by atoms with van der Waals surface area (Å²) in [4.78, 5) is 3.34. The molecule has 0 aliphatic heterocycles. The van der Waals surface area contributed by atoms with Crippen LogP contribution in [0.25, 0.3) is 0 Å². The Labute approximate surface area is 72.5 Å². The third-order valence-electron chi connectivity index (χ3n) is 3.29. The lowest BCUT2D eigenvalue weighted by Crippen LogP contribution is -2.15. The first-order chi connectivity index (χ1) is 5.86. The number of aromatic nitrogens is 1. The van der Waals surface area contributed by atoms with Gasteiger partial charge in [0.25, 0.3) is 0 Å². The molecule has 0 saturated carbocycles. The molecule has 1 aromatic heterocycles. The van der Waals surface area contributed by atoms with Crippen molar-refractivity contribution in [3.8, 4) is 0 Å². The van der Waals surface area contributed by atoms with Crippen molar-refractivity contribution < 1.29 is 0 Å². The van der Waals surface area contributed by atoms with E-state index in [0.717, 1.165) is 11.8 Å². The minimum absolute atomic E-state index is 0.718. The summed E-state index contributed by atoms with van der Waals surface area (Å²) in [5, 5.41) is 0. The molecule has 1 nitrogen and oxygen atoms in total. The SMILES string of the molecule is Cc1[nH]cc2c1[C@@H]1C=C[C@H]2CC1. The van der Waals surface area contributed by atoms with Gasteiger partial charge in [0, 0.05) is 23.7 Å². The highest BCUT2D eigenvalue weighted by atomic mass is 14.7. The Morgan fingerprint density at radius 3 is 2.67 bits per heavy atom. The maximum Gasteiger partial charge on any atom is 0.0157 e. The molecule has 0 fully saturated rings. The van der Waals surface area contributed by atoms with E-state index in [1.807, 2.05) is 0 Å². The van der Waals surface area contributed by atoms with Crippen LogP contribution < -0.4 is 0 Å². The normalized spacial score (nSPS) is 30.8. The molecule has 0 radical (unpaired) electrons. The second-order valence-corrected chi connectivity index (χ2v) is 3.96. The number of rotatable bonds is 0. The van der Waals surface area contributed by atoms with E-state index in [2.05, 4.69) is 30.3 Å². The van der Waals surface area contributed by atoms with E-state index in [1.165, 1.54) is 18.5 Å². The largest absolute Gasteiger partial charge is 0.365 e. The Hall–Kier alpha value is -0.980. The molecular weight excluding hydrogens is 146 g/mol. The predicted octanol–water partition coefficient (Wildman–Crippen LogP) is 2.85. The molecule has 1 N–H and O–H groups in total. The molecule has 1 aromatic rings. The topological polar surface area (TPSA) is 15.8 Å². The number of hydrogen-bond donors (Lipinski definition) is 1. The van der Waals surface area contributed by atoms with E-state index in [9.17, 15) is 0 Å². The van der Waals surface area contributed by atoms with Crippen LogP contribution in [-0.2, 0) is 0 Å². The summed E-state index contributed by atoms with van der Waals surface area (Å²) in [5.74, 6) is 1.44. The summed E-state index contributed by atoms with van der Waals surface area (Å²) >= 11 is 0. The molecule has 0 spiro atoms. The lowest BCUT2D eigenvalue weighted by atomic mass is 9.73. The van der Waals surface area contributed by atoms with Crippen molar-refractivity contribution in [2.45, 2.75) is 31.6 Å². The molecule has 0 saturated heterocycles. The monoisotopic (exact) mass is 159 g/mol. The zero-order valence-electron chi connectivity index (χ0n) is 7.30. The number of nitrogens with one attached hydrogen (secondary N) is 1. The average Bonchev–Trinajstić information content (AvgIpc) is 2.53. The summed E-state index contributed by atoms with van der Waals surface area (Å²) in [6, 6.07) is 0. The lowest BCUT2D eigenvalue weighted by molar-refractivity contribution is 0.555. The first kappa shape index (κ1) is 6.53. The third-order valence-corrected chi connectivity index (χ3v) is 3.29. The number of fused-ring (bicyclic) bond motifs is 1. The molecule has 0 unspecified atom stereocenters. The number of allylic oxidation sites excluding steroid dienone is 2. The Kier molecular flexibility index (Phi) is 1.11. The van der Waals surface area contributed by atoms with Gasteiger partial charge in [-0.1, -0.05) is 12.2 Å². The fourth-order valence-electron chi connectivity index (χ4n) is 2.68. The van der Waals surface area contributed by atoms with Crippen molar-refractivity contribution in [1.82, 2.24) is 4.98 Å². The minimum Gasteiger partial charge on any atom is -0.365 e. The van der Waals surface area contributed by atoms with Gasteiger partial charge in [-0.15, -0.1) is 0 Å². The smallest absolute Gasteiger partial charge is 0.0157 e. The first-order valence-electron chi connectivity index (χ1n) is 4.72. The fourth-order valence-corrected chi connectivity index (χ4v) is 2.68. The molecule has 2 atom stereocenters. The first-order valence-corrected chi connectivity index (χ1v) is 4.72. The Morgan fingerprint density at radius 2 is 2.00 bits per heavy atom.